The number of carbonyl (C=O) groups is 5. The summed E-state index contributed by atoms with van der Waals surface area (Å²) in [4.78, 5) is 68.8. The Morgan fingerprint density at radius 2 is 1.53 bits per heavy atom. The number of rotatable bonds is 13. The van der Waals surface area contributed by atoms with E-state index in [9.17, 15) is 29.1 Å². The monoisotopic (exact) mass is 731 g/mol. The number of carbonyl (C=O) groups excluding carboxylic acids is 4. The third-order valence-corrected chi connectivity index (χ3v) is 8.88. The van der Waals surface area contributed by atoms with Gasteiger partial charge in [0.2, 0.25) is 17.7 Å². The molecular formula is C38H49N7O8. The van der Waals surface area contributed by atoms with Crippen LogP contribution >= 0.6 is 0 Å². The molecule has 0 unspecified atom stereocenters. The molecule has 1 aliphatic rings. The van der Waals surface area contributed by atoms with E-state index < -0.39 is 53.8 Å². The van der Waals surface area contributed by atoms with Gasteiger partial charge in [-0.15, -0.1) is 0 Å². The Balaban J connectivity index is 1.88. The fourth-order valence-electron chi connectivity index (χ4n) is 6.17. The molecule has 4 bridgehead atoms. The molecule has 284 valence electrons. The molecule has 4 amide bonds. The van der Waals surface area contributed by atoms with Gasteiger partial charge < -0.3 is 52.6 Å². The molecule has 3 aromatic rings. The van der Waals surface area contributed by atoms with Crippen LogP contribution in [0.4, 0.5) is 0 Å². The summed E-state index contributed by atoms with van der Waals surface area (Å²) < 4.78 is 12.0. The molecule has 4 atom stereocenters. The van der Waals surface area contributed by atoms with Gasteiger partial charge in [0.1, 0.15) is 48.9 Å². The number of nitrogens with zero attached hydrogens (tertiary/aromatic N) is 1. The van der Waals surface area contributed by atoms with E-state index in [0.29, 0.717) is 39.3 Å². The lowest BCUT2D eigenvalue weighted by molar-refractivity contribution is -0.143. The number of nitrogens with two attached hydrogens (primary N) is 3. The molecule has 0 spiro atoms. The summed E-state index contributed by atoms with van der Waals surface area (Å²) in [5.41, 5.74) is 21.4. The maximum absolute atomic E-state index is 14.3. The number of benzene rings is 3. The predicted molar refractivity (Wildman–Crippen MR) is 198 cm³/mol. The van der Waals surface area contributed by atoms with Gasteiger partial charge in [-0.1, -0.05) is 29.8 Å². The molecule has 0 saturated heterocycles. The smallest absolute Gasteiger partial charge is 0.326 e. The number of hydrogen-bond acceptors (Lipinski definition) is 10. The molecule has 10 N–H and O–H groups in total. The molecule has 0 radical (unpaired) electrons. The Morgan fingerprint density at radius 3 is 2.13 bits per heavy atom. The molecule has 1 heterocycles. The number of aryl methyl sites for hydroxylation is 2. The molecule has 53 heavy (non-hydrogen) atoms. The van der Waals surface area contributed by atoms with Crippen molar-refractivity contribution in [2.24, 2.45) is 17.2 Å². The topological polar surface area (TPSA) is 241 Å². The Kier molecular flexibility index (Phi) is 13.9. The molecule has 3 aromatic carbocycles. The first kappa shape index (κ1) is 40.3. The second-order valence-corrected chi connectivity index (χ2v) is 13.0. The normalized spacial score (nSPS) is 17.8. The van der Waals surface area contributed by atoms with Gasteiger partial charge in [0.25, 0.3) is 5.91 Å². The largest absolute Gasteiger partial charge is 0.492 e. The number of aliphatic carboxylic acids is 1. The van der Waals surface area contributed by atoms with E-state index in [1.165, 1.54) is 18.9 Å². The molecule has 0 saturated carbocycles. The lowest BCUT2D eigenvalue weighted by Crippen LogP contribution is -2.55. The van der Waals surface area contributed by atoms with Crippen molar-refractivity contribution in [1.82, 2.24) is 20.9 Å². The number of hydrogen-bond donors (Lipinski definition) is 7. The van der Waals surface area contributed by atoms with Crippen molar-refractivity contribution < 1.29 is 38.6 Å². The minimum absolute atomic E-state index is 0.0511. The lowest BCUT2D eigenvalue weighted by Gasteiger charge is -2.32. The first-order valence-corrected chi connectivity index (χ1v) is 17.4. The number of carboxylic acids is 1. The SMILES string of the molecule is Cc1ccc(C(=O)N[C@@H](CCN)C(=O)N(C)[C@@H]2C(=O)N[C@@H](C)C(=O)N[C@H](C(=O)O)Cc3ccc(OCCN)c(c3)-c3cc2ccc3OCCN)c(C)c1. The van der Waals surface area contributed by atoms with Crippen LogP contribution in [0, 0.1) is 13.8 Å². The Hall–Kier alpha value is -5.51. The van der Waals surface area contributed by atoms with Crippen molar-refractivity contribution in [1.29, 1.82) is 0 Å². The highest BCUT2D eigenvalue weighted by molar-refractivity contribution is 6.00. The van der Waals surface area contributed by atoms with E-state index in [1.54, 1.807) is 55.5 Å². The van der Waals surface area contributed by atoms with Crippen LogP contribution in [0.1, 0.15) is 52.0 Å². The lowest BCUT2D eigenvalue weighted by atomic mass is 9.93. The van der Waals surface area contributed by atoms with E-state index in [-0.39, 0.29) is 45.7 Å². The second-order valence-electron chi connectivity index (χ2n) is 13.0. The van der Waals surface area contributed by atoms with Crippen molar-refractivity contribution in [3.63, 3.8) is 0 Å². The van der Waals surface area contributed by atoms with E-state index >= 15 is 0 Å². The van der Waals surface area contributed by atoms with Gasteiger partial charge in [0.05, 0.1) is 0 Å². The maximum atomic E-state index is 14.3. The van der Waals surface area contributed by atoms with Gasteiger partial charge in [-0.25, -0.2) is 4.79 Å². The van der Waals surface area contributed by atoms with E-state index in [4.69, 9.17) is 26.7 Å². The van der Waals surface area contributed by atoms with Crippen LogP contribution < -0.4 is 42.6 Å². The summed E-state index contributed by atoms with van der Waals surface area (Å²) in [7, 11) is 1.42. The van der Waals surface area contributed by atoms with E-state index in [0.717, 1.165) is 11.1 Å². The molecule has 15 heteroatoms. The molecular weight excluding hydrogens is 682 g/mol. The highest BCUT2D eigenvalue weighted by Gasteiger charge is 2.36. The molecule has 1 aliphatic heterocycles. The quantitative estimate of drug-likeness (QED) is 0.130. The van der Waals surface area contributed by atoms with Gasteiger partial charge in [0.15, 0.2) is 0 Å². The zero-order chi connectivity index (χ0) is 38.8. The molecule has 15 nitrogen and oxygen atoms in total. The van der Waals surface area contributed by atoms with Gasteiger partial charge in [-0.05, 0) is 80.8 Å². The fraction of sp³-hybridized carbons (Fsp3) is 0.395. The third-order valence-electron chi connectivity index (χ3n) is 8.88. The first-order valence-electron chi connectivity index (χ1n) is 17.4. The van der Waals surface area contributed by atoms with Crippen LogP contribution in [0.25, 0.3) is 11.1 Å². The van der Waals surface area contributed by atoms with E-state index in [2.05, 4.69) is 16.0 Å². The zero-order valence-electron chi connectivity index (χ0n) is 30.4. The van der Waals surface area contributed by atoms with Crippen LogP contribution in [0.3, 0.4) is 0 Å². The highest BCUT2D eigenvalue weighted by Crippen LogP contribution is 2.40. The summed E-state index contributed by atoms with van der Waals surface area (Å²) in [5, 5.41) is 18.0. The first-order chi connectivity index (χ1) is 25.3. The second kappa shape index (κ2) is 18.3. The van der Waals surface area contributed by atoms with Crippen LogP contribution in [0.15, 0.2) is 54.6 Å². The van der Waals surface area contributed by atoms with Crippen LogP contribution in [0.2, 0.25) is 0 Å². The number of nitrogens with one attached hydrogen (secondary N) is 3. The number of ether oxygens (including phenoxy) is 2. The average Bonchev–Trinajstić information content (AvgIpc) is 3.12. The molecule has 0 fully saturated rings. The Morgan fingerprint density at radius 1 is 0.887 bits per heavy atom. The summed E-state index contributed by atoms with van der Waals surface area (Å²) in [5.74, 6) is -3.08. The van der Waals surface area contributed by atoms with Crippen molar-refractivity contribution in [3.05, 3.63) is 82.4 Å². The maximum Gasteiger partial charge on any atom is 0.326 e. The van der Waals surface area contributed by atoms with Gasteiger partial charge in [-0.2, -0.15) is 0 Å². The minimum atomic E-state index is -1.35. The third kappa shape index (κ3) is 9.88. The molecule has 4 rings (SSSR count). The van der Waals surface area contributed by atoms with Gasteiger partial charge in [-0.3, -0.25) is 19.2 Å². The zero-order valence-corrected chi connectivity index (χ0v) is 30.4. The number of fused-ring (bicyclic) bond motifs is 5. The Labute approximate surface area is 308 Å². The summed E-state index contributed by atoms with van der Waals surface area (Å²) in [6, 6.07) is 10.3. The predicted octanol–water partition coefficient (Wildman–Crippen LogP) is 0.923. The molecule has 0 aromatic heterocycles. The average molecular weight is 732 g/mol. The summed E-state index contributed by atoms with van der Waals surface area (Å²) in [6.07, 6.45) is -0.0177. The van der Waals surface area contributed by atoms with Crippen molar-refractivity contribution in [2.45, 2.75) is 57.8 Å². The fourth-order valence-corrected chi connectivity index (χ4v) is 6.17. The van der Waals surface area contributed by atoms with E-state index in [1.807, 2.05) is 13.0 Å². The van der Waals surface area contributed by atoms with Crippen LogP contribution in [-0.4, -0.2) is 97.6 Å². The number of amides is 4. The Bertz CT molecular complexity index is 1830. The number of likely N-dealkylation sites (N-methyl/N-ethyl adjacent to an activating group) is 1. The van der Waals surface area contributed by atoms with Crippen LogP contribution in [-0.2, 0) is 25.6 Å². The summed E-state index contributed by atoms with van der Waals surface area (Å²) >= 11 is 0. The molecule has 0 aliphatic carbocycles. The number of carboxylic acid groups (broad SMARTS) is 1. The van der Waals surface area contributed by atoms with Gasteiger partial charge >= 0.3 is 5.97 Å². The highest BCUT2D eigenvalue weighted by atomic mass is 16.5. The van der Waals surface area contributed by atoms with Crippen molar-refractivity contribution in [2.75, 3.05) is 39.9 Å². The van der Waals surface area contributed by atoms with Gasteiger partial charge in [0, 0.05) is 43.2 Å². The minimum Gasteiger partial charge on any atom is -0.492 e. The van der Waals surface area contributed by atoms with Crippen molar-refractivity contribution in [3.8, 4) is 22.6 Å². The van der Waals surface area contributed by atoms with Crippen LogP contribution in [0.5, 0.6) is 11.5 Å². The van der Waals surface area contributed by atoms with Crippen molar-refractivity contribution >= 4 is 29.6 Å². The summed E-state index contributed by atoms with van der Waals surface area (Å²) in [6.45, 7) is 5.89. The standard InChI is InChI=1S/C38H49N7O8/c1-21-5-8-26(22(2)17-21)35(47)43-29(11-12-39)37(49)45(4)33-25-7-10-32(53-16-14-41)28(20-25)27-18-24(6-9-31(27)52-15-13-40)19-30(38(50)51)44-34(46)23(3)42-36(33)48/h5-10,17-18,20,23,29-30,33H,11-16,19,39-41H2,1-4H3,(H,42,48)(H,43,47)(H,44,46)(H,50,51)/t23-,29-,30-,33-/m0/s1.